The first-order chi connectivity index (χ1) is 5.84. The molecule has 1 rings (SSSR count). The van der Waals surface area contributed by atoms with E-state index in [-0.39, 0.29) is 0 Å². The van der Waals surface area contributed by atoms with Crippen molar-refractivity contribution in [2.24, 2.45) is 0 Å². The minimum atomic E-state index is 1.10. The summed E-state index contributed by atoms with van der Waals surface area (Å²) in [7, 11) is 0. The molecular formula is C10H17NS. The van der Waals surface area contributed by atoms with Gasteiger partial charge in [-0.3, -0.25) is 0 Å². The molecule has 1 fully saturated rings. The molecule has 12 heavy (non-hydrogen) atoms. The second kappa shape index (κ2) is 5.31. The smallest absolute Gasteiger partial charge is 0.0819 e. The molecule has 0 N–H and O–H groups in total. The minimum absolute atomic E-state index is 1.10. The highest BCUT2D eigenvalue weighted by atomic mass is 32.1. The zero-order valence-electron chi connectivity index (χ0n) is 7.75. The fourth-order valence-corrected chi connectivity index (χ4v) is 1.65. The third kappa shape index (κ3) is 2.94. The molecule has 1 nitrogen and oxygen atoms in total. The monoisotopic (exact) mass is 183 g/mol. The van der Waals surface area contributed by atoms with Gasteiger partial charge in [-0.15, -0.1) is 0 Å². The molecule has 0 spiro atoms. The summed E-state index contributed by atoms with van der Waals surface area (Å²) < 4.78 is 0. The van der Waals surface area contributed by atoms with Crippen LogP contribution in [0.3, 0.4) is 0 Å². The second-order valence-corrected chi connectivity index (χ2v) is 3.69. The van der Waals surface area contributed by atoms with E-state index in [1.54, 1.807) is 0 Å². The third-order valence-electron chi connectivity index (χ3n) is 2.12. The van der Waals surface area contributed by atoms with Gasteiger partial charge >= 0.3 is 0 Å². The van der Waals surface area contributed by atoms with Gasteiger partial charge in [0.1, 0.15) is 0 Å². The first-order valence-corrected chi connectivity index (χ1v) is 5.21. The highest BCUT2D eigenvalue weighted by Gasteiger charge is 2.12. The molecule has 1 heterocycles. The lowest BCUT2D eigenvalue weighted by Crippen LogP contribution is -2.15. The van der Waals surface area contributed by atoms with Crippen molar-refractivity contribution in [1.29, 1.82) is 0 Å². The van der Waals surface area contributed by atoms with Crippen LogP contribution < -0.4 is 0 Å². The summed E-state index contributed by atoms with van der Waals surface area (Å²) in [4.78, 5) is 3.31. The molecule has 1 saturated heterocycles. The molecule has 0 bridgehead atoms. The summed E-state index contributed by atoms with van der Waals surface area (Å²) in [6.45, 7) is 3.34. The number of unbranched alkanes of at least 4 members (excludes halogenated alkanes) is 2. The average Bonchev–Trinajstić information content (AvgIpc) is 2.46. The van der Waals surface area contributed by atoms with Gasteiger partial charge in [0.05, 0.1) is 4.99 Å². The fraction of sp³-hybridized carbons (Fsp3) is 0.700. The molecule has 0 saturated carbocycles. The van der Waals surface area contributed by atoms with E-state index in [9.17, 15) is 0 Å². The highest BCUT2D eigenvalue weighted by Crippen LogP contribution is 2.12. The van der Waals surface area contributed by atoms with Gasteiger partial charge in [0, 0.05) is 12.7 Å². The van der Waals surface area contributed by atoms with Crippen LogP contribution in [0.2, 0.25) is 0 Å². The molecule has 0 aromatic heterocycles. The Labute approximate surface area is 80.4 Å². The van der Waals surface area contributed by atoms with E-state index in [0.717, 1.165) is 18.0 Å². The largest absolute Gasteiger partial charge is 0.343 e. The molecule has 68 valence electrons. The van der Waals surface area contributed by atoms with Crippen molar-refractivity contribution in [3.63, 3.8) is 0 Å². The van der Waals surface area contributed by atoms with Gasteiger partial charge in [0.2, 0.25) is 0 Å². The Balaban J connectivity index is 2.20. The molecule has 0 atom stereocenters. The van der Waals surface area contributed by atoms with Crippen LogP contribution in [0.5, 0.6) is 0 Å². The molecule has 0 aromatic rings. The summed E-state index contributed by atoms with van der Waals surface area (Å²) in [5, 5.41) is 0. The van der Waals surface area contributed by atoms with E-state index < -0.39 is 0 Å². The number of nitrogens with zero attached hydrogens (tertiary/aromatic N) is 1. The first kappa shape index (κ1) is 9.72. The second-order valence-electron chi connectivity index (χ2n) is 3.22. The van der Waals surface area contributed by atoms with Gasteiger partial charge in [-0.1, -0.05) is 38.1 Å². The lowest BCUT2D eigenvalue weighted by atomic mass is 10.2. The summed E-state index contributed by atoms with van der Waals surface area (Å²) in [6, 6.07) is 0. The van der Waals surface area contributed by atoms with E-state index in [0.29, 0.717) is 0 Å². The predicted molar refractivity (Wildman–Crippen MR) is 57.2 cm³/mol. The zero-order valence-corrected chi connectivity index (χ0v) is 8.57. The van der Waals surface area contributed by atoms with E-state index in [1.165, 1.54) is 25.7 Å². The van der Waals surface area contributed by atoms with Crippen molar-refractivity contribution in [2.45, 2.75) is 39.0 Å². The molecule has 2 heteroatoms. The lowest BCUT2D eigenvalue weighted by Gasteiger charge is -2.10. The third-order valence-corrected chi connectivity index (χ3v) is 2.56. The molecule has 1 aliphatic heterocycles. The van der Waals surface area contributed by atoms with Gasteiger partial charge in [0.15, 0.2) is 0 Å². The maximum Gasteiger partial charge on any atom is 0.0819 e. The van der Waals surface area contributed by atoms with Crippen LogP contribution in [0.1, 0.15) is 39.0 Å². The number of hydrogen-bond acceptors (Lipinski definition) is 1. The van der Waals surface area contributed by atoms with Crippen molar-refractivity contribution in [3.05, 3.63) is 12.3 Å². The molecule has 0 amide bonds. The number of rotatable bonds is 4. The number of hydrogen-bond donors (Lipinski definition) is 0. The van der Waals surface area contributed by atoms with Crippen molar-refractivity contribution in [3.8, 4) is 0 Å². The molecule has 0 aliphatic carbocycles. The molecule has 0 aromatic carbocycles. The van der Waals surface area contributed by atoms with Gasteiger partial charge in [0.25, 0.3) is 0 Å². The Hall–Kier alpha value is -0.370. The van der Waals surface area contributed by atoms with Crippen LogP contribution in [0.15, 0.2) is 12.3 Å². The van der Waals surface area contributed by atoms with Crippen LogP contribution in [-0.2, 0) is 0 Å². The Kier molecular flexibility index (Phi) is 4.30. The quantitative estimate of drug-likeness (QED) is 0.486. The number of allylic oxidation sites excluding steroid dienone is 1. The van der Waals surface area contributed by atoms with Crippen LogP contribution in [0, 0.1) is 0 Å². The van der Waals surface area contributed by atoms with Gasteiger partial charge in [-0.05, 0) is 19.3 Å². The molecule has 1 aliphatic rings. The Morgan fingerprint density at radius 2 is 2.42 bits per heavy atom. The summed E-state index contributed by atoms with van der Waals surface area (Å²) in [5.74, 6) is 0. The van der Waals surface area contributed by atoms with Crippen molar-refractivity contribution in [1.82, 2.24) is 4.90 Å². The van der Waals surface area contributed by atoms with Gasteiger partial charge in [-0.25, -0.2) is 0 Å². The van der Waals surface area contributed by atoms with E-state index in [4.69, 9.17) is 12.2 Å². The summed E-state index contributed by atoms with van der Waals surface area (Å²) in [5.41, 5.74) is 0. The Morgan fingerprint density at radius 3 is 3.00 bits per heavy atom. The van der Waals surface area contributed by atoms with Crippen LogP contribution in [0.25, 0.3) is 0 Å². The van der Waals surface area contributed by atoms with Crippen molar-refractivity contribution >= 4 is 17.2 Å². The normalized spacial score (nSPS) is 18.1. The van der Waals surface area contributed by atoms with E-state index >= 15 is 0 Å². The van der Waals surface area contributed by atoms with E-state index in [2.05, 4.69) is 24.1 Å². The fourth-order valence-electron chi connectivity index (χ4n) is 1.35. The standard InChI is InChI=1S/C10H17NS/c1-2-3-4-5-8-11-9-6-7-10(11)12/h5,8H,2-4,6-7,9H2,1H3/b8-5+. The number of thiocarbonyl (C=S) groups is 1. The number of likely N-dealkylation sites (tertiary alicyclic amines) is 1. The maximum absolute atomic E-state index is 5.19. The minimum Gasteiger partial charge on any atom is -0.343 e. The Morgan fingerprint density at radius 1 is 1.58 bits per heavy atom. The topological polar surface area (TPSA) is 3.24 Å². The van der Waals surface area contributed by atoms with Crippen molar-refractivity contribution < 1.29 is 0 Å². The molecule has 0 unspecified atom stereocenters. The molecule has 0 radical (unpaired) electrons. The van der Waals surface area contributed by atoms with Crippen molar-refractivity contribution in [2.75, 3.05) is 6.54 Å². The maximum atomic E-state index is 5.19. The van der Waals surface area contributed by atoms with Crippen LogP contribution >= 0.6 is 12.2 Å². The average molecular weight is 183 g/mol. The van der Waals surface area contributed by atoms with Gasteiger partial charge < -0.3 is 4.90 Å². The summed E-state index contributed by atoms with van der Waals surface area (Å²) >= 11 is 5.19. The predicted octanol–water partition coefficient (Wildman–Crippen LogP) is 3.11. The van der Waals surface area contributed by atoms with Crippen LogP contribution in [-0.4, -0.2) is 16.4 Å². The van der Waals surface area contributed by atoms with Crippen LogP contribution in [0.4, 0.5) is 0 Å². The highest BCUT2D eigenvalue weighted by molar-refractivity contribution is 7.80. The zero-order chi connectivity index (χ0) is 8.81. The summed E-state index contributed by atoms with van der Waals surface area (Å²) in [6.07, 6.45) is 10.5. The van der Waals surface area contributed by atoms with Gasteiger partial charge in [-0.2, -0.15) is 0 Å². The first-order valence-electron chi connectivity index (χ1n) is 4.80. The SMILES string of the molecule is CCCC/C=C/N1CCCC1=S. The lowest BCUT2D eigenvalue weighted by molar-refractivity contribution is 0.606. The van der Waals surface area contributed by atoms with E-state index in [1.807, 2.05) is 0 Å². The Bertz CT molecular complexity index is 175. The molecular weight excluding hydrogens is 166 g/mol.